The molecule has 2 saturated heterocycles. The van der Waals surface area contributed by atoms with Crippen molar-refractivity contribution >= 4 is 5.91 Å². The Hall–Kier alpha value is -1.51. The zero-order valence-electron chi connectivity index (χ0n) is 16.8. The number of hydrogen-bond acceptors (Lipinski definition) is 6. The molecule has 8 heteroatoms. The number of likely N-dealkylation sites (tertiary alicyclic amines) is 1. The lowest BCUT2D eigenvalue weighted by molar-refractivity contribution is -0.189. The molecular formula is C20H33N5O3. The maximum Gasteiger partial charge on any atom is 0.220 e. The van der Waals surface area contributed by atoms with Gasteiger partial charge in [-0.2, -0.15) is 5.10 Å². The van der Waals surface area contributed by atoms with Gasteiger partial charge in [-0.05, 0) is 44.9 Å². The molecule has 4 rings (SSSR count). The van der Waals surface area contributed by atoms with Gasteiger partial charge in [0.25, 0.3) is 0 Å². The van der Waals surface area contributed by atoms with Gasteiger partial charge < -0.3 is 20.1 Å². The van der Waals surface area contributed by atoms with Crippen LogP contribution in [0.4, 0.5) is 0 Å². The molecule has 2 N–H and O–H groups in total. The van der Waals surface area contributed by atoms with Crippen LogP contribution in [0, 0.1) is 5.92 Å². The number of aliphatic hydroxyl groups is 1. The van der Waals surface area contributed by atoms with E-state index in [2.05, 4.69) is 20.3 Å². The van der Waals surface area contributed by atoms with Crippen molar-refractivity contribution in [2.45, 2.75) is 75.7 Å². The summed E-state index contributed by atoms with van der Waals surface area (Å²) in [6, 6.07) is -0.360. The highest BCUT2D eigenvalue weighted by atomic mass is 16.5. The SMILES string of the molecule is C[C@]1(O)CC2(CCN(CC3CC3)CC2)OC[C@@H]1NC(=O)CCCn1cncn1. The molecule has 2 atom stereocenters. The third kappa shape index (κ3) is 4.90. The number of carbonyl (C=O) groups is 1. The maximum atomic E-state index is 12.3. The molecule has 2 aliphatic heterocycles. The van der Waals surface area contributed by atoms with Crippen molar-refractivity contribution in [3.8, 4) is 0 Å². The van der Waals surface area contributed by atoms with Crippen molar-refractivity contribution in [2.24, 2.45) is 5.92 Å². The Balaban J connectivity index is 1.22. The van der Waals surface area contributed by atoms with Gasteiger partial charge in [0.15, 0.2) is 0 Å². The van der Waals surface area contributed by atoms with E-state index in [9.17, 15) is 9.90 Å². The van der Waals surface area contributed by atoms with E-state index < -0.39 is 5.60 Å². The number of rotatable bonds is 7. The number of aromatic nitrogens is 3. The lowest BCUT2D eigenvalue weighted by Crippen LogP contribution is -2.64. The van der Waals surface area contributed by atoms with Gasteiger partial charge in [0, 0.05) is 39.0 Å². The zero-order chi connectivity index (χ0) is 19.6. The van der Waals surface area contributed by atoms with E-state index >= 15 is 0 Å². The summed E-state index contributed by atoms with van der Waals surface area (Å²) in [4.78, 5) is 18.8. The second-order valence-electron chi connectivity index (χ2n) is 9.15. The van der Waals surface area contributed by atoms with Gasteiger partial charge in [0.1, 0.15) is 12.7 Å². The number of aryl methyl sites for hydroxylation is 1. The summed E-state index contributed by atoms with van der Waals surface area (Å²) in [5, 5.41) is 18.1. The molecule has 3 fully saturated rings. The Morgan fingerprint density at radius 1 is 1.36 bits per heavy atom. The van der Waals surface area contributed by atoms with E-state index in [1.54, 1.807) is 11.0 Å². The van der Waals surface area contributed by atoms with Crippen LogP contribution in [0.15, 0.2) is 12.7 Å². The fourth-order valence-corrected chi connectivity index (χ4v) is 4.61. The molecule has 1 spiro atoms. The largest absolute Gasteiger partial charge is 0.388 e. The molecule has 1 aliphatic carbocycles. The second-order valence-corrected chi connectivity index (χ2v) is 9.15. The van der Waals surface area contributed by atoms with E-state index in [0.717, 1.165) is 31.8 Å². The minimum Gasteiger partial charge on any atom is -0.388 e. The molecule has 8 nitrogen and oxygen atoms in total. The molecule has 0 bridgehead atoms. The maximum absolute atomic E-state index is 12.3. The van der Waals surface area contributed by atoms with Gasteiger partial charge >= 0.3 is 0 Å². The number of piperidine rings is 1. The monoisotopic (exact) mass is 391 g/mol. The van der Waals surface area contributed by atoms with Crippen LogP contribution in [0.2, 0.25) is 0 Å². The Kier molecular flexibility index (Phi) is 5.71. The average Bonchev–Trinajstić information content (AvgIpc) is 3.31. The Morgan fingerprint density at radius 2 is 2.14 bits per heavy atom. The molecule has 3 heterocycles. The molecule has 1 amide bonds. The summed E-state index contributed by atoms with van der Waals surface area (Å²) >= 11 is 0. The van der Waals surface area contributed by atoms with Gasteiger partial charge in [-0.25, -0.2) is 4.98 Å². The first-order valence-corrected chi connectivity index (χ1v) is 10.6. The topological polar surface area (TPSA) is 92.5 Å². The van der Waals surface area contributed by atoms with Gasteiger partial charge in [-0.1, -0.05) is 0 Å². The zero-order valence-corrected chi connectivity index (χ0v) is 16.8. The standard InChI is InChI=1S/C20H33N5O3/c1-19(27)13-20(6-9-24(10-7-20)11-16-4-5-16)28-12-17(19)23-18(26)3-2-8-25-15-21-14-22-25/h14-17,27H,2-13H2,1H3,(H,23,26)/t17-,19-/m0/s1. The Bertz CT molecular complexity index is 651. The second kappa shape index (κ2) is 8.08. The minimum absolute atomic E-state index is 0.0517. The molecular weight excluding hydrogens is 358 g/mol. The fourth-order valence-electron chi connectivity index (χ4n) is 4.61. The van der Waals surface area contributed by atoms with Crippen molar-refractivity contribution in [1.29, 1.82) is 0 Å². The molecule has 28 heavy (non-hydrogen) atoms. The van der Waals surface area contributed by atoms with E-state index in [4.69, 9.17) is 4.74 Å². The van der Waals surface area contributed by atoms with Crippen molar-refractivity contribution in [3.63, 3.8) is 0 Å². The summed E-state index contributed by atoms with van der Waals surface area (Å²) in [5.41, 5.74) is -1.18. The quantitative estimate of drug-likeness (QED) is 0.719. The van der Waals surface area contributed by atoms with Crippen LogP contribution >= 0.6 is 0 Å². The molecule has 156 valence electrons. The first kappa shape index (κ1) is 19.8. The highest BCUT2D eigenvalue weighted by molar-refractivity contribution is 5.76. The minimum atomic E-state index is -0.946. The van der Waals surface area contributed by atoms with Crippen molar-refractivity contribution < 1.29 is 14.6 Å². The molecule has 0 aromatic carbocycles. The predicted molar refractivity (Wildman–Crippen MR) is 104 cm³/mol. The highest BCUT2D eigenvalue weighted by Gasteiger charge is 2.49. The molecule has 1 aromatic heterocycles. The third-order valence-corrected chi connectivity index (χ3v) is 6.56. The molecule has 0 radical (unpaired) electrons. The molecule has 1 saturated carbocycles. The van der Waals surface area contributed by atoms with Crippen LogP contribution in [0.25, 0.3) is 0 Å². The van der Waals surface area contributed by atoms with Crippen LogP contribution in [0.5, 0.6) is 0 Å². The molecule has 0 unspecified atom stereocenters. The van der Waals surface area contributed by atoms with E-state index in [1.807, 2.05) is 6.92 Å². The number of nitrogens with zero attached hydrogens (tertiary/aromatic N) is 4. The summed E-state index contributed by atoms with van der Waals surface area (Å²) in [6.07, 6.45) is 9.50. The van der Waals surface area contributed by atoms with E-state index in [-0.39, 0.29) is 17.6 Å². The lowest BCUT2D eigenvalue weighted by Gasteiger charge is -2.51. The fraction of sp³-hybridized carbons (Fsp3) is 0.850. The summed E-state index contributed by atoms with van der Waals surface area (Å²) in [6.45, 7) is 6.20. The number of carbonyl (C=O) groups excluding carboxylic acids is 1. The average molecular weight is 392 g/mol. The first-order valence-electron chi connectivity index (χ1n) is 10.6. The summed E-state index contributed by atoms with van der Waals surface area (Å²) in [5.74, 6) is 0.859. The number of hydrogen-bond donors (Lipinski definition) is 2. The molecule has 3 aliphatic rings. The van der Waals surface area contributed by atoms with E-state index in [0.29, 0.717) is 32.4 Å². The van der Waals surface area contributed by atoms with Crippen molar-refractivity contribution in [3.05, 3.63) is 12.7 Å². The number of nitrogens with one attached hydrogen (secondary N) is 1. The van der Waals surface area contributed by atoms with Gasteiger partial charge in [0.05, 0.1) is 23.9 Å². The van der Waals surface area contributed by atoms with Crippen molar-refractivity contribution in [1.82, 2.24) is 25.0 Å². The smallest absolute Gasteiger partial charge is 0.220 e. The normalized spacial score (nSPS) is 30.4. The van der Waals surface area contributed by atoms with Crippen LogP contribution in [0.3, 0.4) is 0 Å². The van der Waals surface area contributed by atoms with Crippen LogP contribution in [-0.4, -0.2) is 74.2 Å². The third-order valence-electron chi connectivity index (χ3n) is 6.56. The first-order chi connectivity index (χ1) is 13.4. The Labute approximate surface area is 166 Å². The lowest BCUT2D eigenvalue weighted by atomic mass is 9.75. The number of ether oxygens (including phenoxy) is 1. The highest BCUT2D eigenvalue weighted by Crippen LogP contribution is 2.40. The van der Waals surface area contributed by atoms with Gasteiger partial charge in [-0.15, -0.1) is 0 Å². The van der Waals surface area contributed by atoms with Gasteiger partial charge in [-0.3, -0.25) is 9.48 Å². The summed E-state index contributed by atoms with van der Waals surface area (Å²) < 4.78 is 7.98. The summed E-state index contributed by atoms with van der Waals surface area (Å²) in [7, 11) is 0. The predicted octanol–water partition coefficient (Wildman–Crippen LogP) is 0.959. The van der Waals surface area contributed by atoms with E-state index in [1.165, 1.54) is 25.7 Å². The Morgan fingerprint density at radius 3 is 2.79 bits per heavy atom. The van der Waals surface area contributed by atoms with Crippen LogP contribution in [0.1, 0.15) is 51.9 Å². The number of amides is 1. The van der Waals surface area contributed by atoms with Crippen LogP contribution in [-0.2, 0) is 16.1 Å². The van der Waals surface area contributed by atoms with Crippen molar-refractivity contribution in [2.75, 3.05) is 26.2 Å². The molecule has 1 aromatic rings. The van der Waals surface area contributed by atoms with Crippen LogP contribution < -0.4 is 5.32 Å². The van der Waals surface area contributed by atoms with Gasteiger partial charge in [0.2, 0.25) is 5.91 Å².